The molecule has 2 fully saturated rings. The van der Waals surface area contributed by atoms with Crippen LogP contribution in [-0.2, 0) is 9.53 Å². The Morgan fingerprint density at radius 3 is 2.33 bits per heavy atom. The first-order valence-electron chi connectivity index (χ1n) is 17.5. The second kappa shape index (κ2) is 15.6. The number of nitrogens with one attached hydrogen (secondary N) is 2. The van der Waals surface area contributed by atoms with E-state index in [9.17, 15) is 9.59 Å². The maximum Gasteiger partial charge on any atom is 0.407 e. The number of nitrogens with two attached hydrogens (primary N) is 2. The van der Waals surface area contributed by atoms with E-state index >= 15 is 0 Å². The van der Waals surface area contributed by atoms with Crippen LogP contribution in [-0.4, -0.2) is 66.7 Å². The quantitative estimate of drug-likeness (QED) is 0.0832. The molecule has 1 saturated heterocycles. The second-order valence-corrected chi connectivity index (χ2v) is 13.3. The summed E-state index contributed by atoms with van der Waals surface area (Å²) in [6.07, 6.45) is 2.93. The van der Waals surface area contributed by atoms with Gasteiger partial charge in [-0.05, 0) is 59.6 Å². The van der Waals surface area contributed by atoms with E-state index in [0.29, 0.717) is 45.5 Å². The molecule has 4 aromatic carbocycles. The number of hydrogen-bond donors (Lipinski definition) is 4. The van der Waals surface area contributed by atoms with Gasteiger partial charge in [0.25, 0.3) is 0 Å². The van der Waals surface area contributed by atoms with Crippen LogP contribution >= 0.6 is 0 Å². The van der Waals surface area contributed by atoms with E-state index in [0.717, 1.165) is 29.4 Å². The van der Waals surface area contributed by atoms with Gasteiger partial charge in [0.05, 0.1) is 18.2 Å². The molecule has 9 heteroatoms. The summed E-state index contributed by atoms with van der Waals surface area (Å²) in [6, 6.07) is 35.0. The highest BCUT2D eigenvalue weighted by Gasteiger charge is 2.61. The standard InChI is InChI=1S/C40H48N6O3/c1-2-24-49-39(48)45-40(26-34(40)32-20-19-28-12-9-10-17-31(28)25-32)36-21-23-46(37(47)35(44-36)18-11-22-43-38(41)42)27-33(29-13-5-3-6-14-29)30-15-7-4-8-16-30/h3-10,12-17,19-20,25,33-36,44H,2,11,18,21-24,26-27H2,1H3,(H,45,48)(H4,41,42,43)/t34-,35-,36-,40+/m0/s1. The number of rotatable bonds is 13. The maximum atomic E-state index is 14.5. The summed E-state index contributed by atoms with van der Waals surface area (Å²) < 4.78 is 5.57. The van der Waals surface area contributed by atoms with E-state index in [-0.39, 0.29) is 29.7 Å². The Bertz CT molecular complexity index is 1710. The van der Waals surface area contributed by atoms with E-state index < -0.39 is 17.7 Å². The van der Waals surface area contributed by atoms with Gasteiger partial charge in [0.2, 0.25) is 5.91 Å². The van der Waals surface area contributed by atoms with Gasteiger partial charge in [-0.2, -0.15) is 0 Å². The lowest BCUT2D eigenvalue weighted by molar-refractivity contribution is -0.133. The zero-order chi connectivity index (χ0) is 34.2. The molecule has 0 spiro atoms. The highest BCUT2D eigenvalue weighted by Crippen LogP contribution is 2.55. The molecule has 1 aliphatic heterocycles. The minimum atomic E-state index is -0.611. The Labute approximate surface area is 289 Å². The van der Waals surface area contributed by atoms with Crippen molar-refractivity contribution in [3.63, 3.8) is 0 Å². The maximum absolute atomic E-state index is 14.5. The number of aliphatic imine (C=N–C) groups is 1. The number of carbonyl (C=O) groups excluding carboxylic acids is 2. The molecule has 49 heavy (non-hydrogen) atoms. The van der Waals surface area contributed by atoms with Crippen LogP contribution in [0.4, 0.5) is 4.79 Å². The van der Waals surface area contributed by atoms with Crippen molar-refractivity contribution in [3.8, 4) is 0 Å². The molecule has 256 valence electrons. The predicted molar refractivity (Wildman–Crippen MR) is 195 cm³/mol. The molecule has 2 aliphatic rings. The fourth-order valence-corrected chi connectivity index (χ4v) is 7.46. The molecule has 2 amide bonds. The molecule has 0 unspecified atom stereocenters. The van der Waals surface area contributed by atoms with E-state index in [4.69, 9.17) is 16.2 Å². The van der Waals surface area contributed by atoms with Gasteiger partial charge < -0.3 is 31.7 Å². The highest BCUT2D eigenvalue weighted by molar-refractivity contribution is 5.84. The molecule has 1 aliphatic carbocycles. The summed E-state index contributed by atoms with van der Waals surface area (Å²) in [6.45, 7) is 3.85. The van der Waals surface area contributed by atoms with Crippen molar-refractivity contribution >= 4 is 28.7 Å². The topological polar surface area (TPSA) is 135 Å². The molecule has 4 aromatic rings. The average molecular weight is 661 g/mol. The van der Waals surface area contributed by atoms with Crippen molar-refractivity contribution in [2.24, 2.45) is 16.5 Å². The van der Waals surface area contributed by atoms with Crippen molar-refractivity contribution in [2.45, 2.75) is 68.5 Å². The molecular weight excluding hydrogens is 612 g/mol. The van der Waals surface area contributed by atoms with E-state index in [1.54, 1.807) is 0 Å². The van der Waals surface area contributed by atoms with Gasteiger partial charge in [-0.15, -0.1) is 0 Å². The van der Waals surface area contributed by atoms with Gasteiger partial charge in [0.1, 0.15) is 0 Å². The Morgan fingerprint density at radius 2 is 1.65 bits per heavy atom. The summed E-state index contributed by atoms with van der Waals surface area (Å²) in [7, 11) is 0. The molecule has 0 bridgehead atoms. The van der Waals surface area contributed by atoms with Crippen molar-refractivity contribution in [2.75, 3.05) is 26.2 Å². The fourth-order valence-electron chi connectivity index (χ4n) is 7.46. The van der Waals surface area contributed by atoms with Crippen LogP contribution in [0, 0.1) is 0 Å². The number of fused-ring (bicyclic) bond motifs is 1. The van der Waals surface area contributed by atoms with Crippen LogP contribution < -0.4 is 22.1 Å². The van der Waals surface area contributed by atoms with E-state index in [1.165, 1.54) is 10.9 Å². The van der Waals surface area contributed by atoms with Crippen LogP contribution in [0.3, 0.4) is 0 Å². The highest BCUT2D eigenvalue weighted by atomic mass is 16.5. The van der Waals surface area contributed by atoms with Crippen LogP contribution in [0.5, 0.6) is 0 Å². The monoisotopic (exact) mass is 660 g/mol. The molecule has 6 N–H and O–H groups in total. The normalized spacial score (nSPS) is 22.0. The summed E-state index contributed by atoms with van der Waals surface area (Å²) in [5, 5.41) is 9.42. The first-order chi connectivity index (χ1) is 23.9. The van der Waals surface area contributed by atoms with E-state index in [2.05, 4.69) is 70.2 Å². The molecule has 4 atom stereocenters. The molecule has 9 nitrogen and oxygen atoms in total. The number of alkyl carbamates (subject to hydrolysis) is 1. The molecule has 0 aromatic heterocycles. The fraction of sp³-hybridized carbons (Fsp3) is 0.375. The minimum absolute atomic E-state index is 0.00701. The lowest BCUT2D eigenvalue weighted by Crippen LogP contribution is -2.56. The van der Waals surface area contributed by atoms with Crippen molar-refractivity contribution in [1.29, 1.82) is 0 Å². The lowest BCUT2D eigenvalue weighted by atomic mass is 9.90. The van der Waals surface area contributed by atoms with Gasteiger partial charge >= 0.3 is 6.09 Å². The third-order valence-corrected chi connectivity index (χ3v) is 10.0. The summed E-state index contributed by atoms with van der Waals surface area (Å²) in [5.41, 5.74) is 14.1. The first-order valence-corrected chi connectivity index (χ1v) is 17.5. The number of guanidine groups is 1. The Balaban J connectivity index is 1.32. The van der Waals surface area contributed by atoms with Gasteiger partial charge in [0, 0.05) is 37.5 Å². The summed E-state index contributed by atoms with van der Waals surface area (Å²) >= 11 is 0. The van der Waals surface area contributed by atoms with Crippen molar-refractivity contribution < 1.29 is 14.3 Å². The van der Waals surface area contributed by atoms with Gasteiger partial charge in [-0.1, -0.05) is 110 Å². The number of nitrogens with zero attached hydrogens (tertiary/aromatic N) is 2. The largest absolute Gasteiger partial charge is 0.450 e. The molecule has 6 rings (SSSR count). The van der Waals surface area contributed by atoms with Gasteiger partial charge in [-0.25, -0.2) is 4.79 Å². The Kier molecular flexibility index (Phi) is 10.8. The zero-order valence-corrected chi connectivity index (χ0v) is 28.3. The van der Waals surface area contributed by atoms with Gasteiger partial charge in [0.15, 0.2) is 5.96 Å². The SMILES string of the molecule is CCCOC(=O)N[C@]1([C@@H]2CCN(CC(c3ccccc3)c3ccccc3)C(=O)[C@H](CCCN=C(N)N)N2)C[C@H]1c1ccc2ccccc2c1. The van der Waals surface area contributed by atoms with Crippen molar-refractivity contribution in [3.05, 3.63) is 120 Å². The molecule has 1 saturated carbocycles. The number of ether oxygens (including phenoxy) is 1. The molecule has 0 radical (unpaired) electrons. The Morgan fingerprint density at radius 1 is 0.980 bits per heavy atom. The first kappa shape index (κ1) is 34.0. The van der Waals surface area contributed by atoms with Crippen molar-refractivity contribution in [1.82, 2.24) is 15.5 Å². The zero-order valence-electron chi connectivity index (χ0n) is 28.3. The predicted octanol–water partition coefficient (Wildman–Crippen LogP) is 5.65. The number of carbonyl (C=O) groups is 2. The van der Waals surface area contributed by atoms with E-state index in [1.807, 2.05) is 60.4 Å². The third-order valence-electron chi connectivity index (χ3n) is 10.0. The second-order valence-electron chi connectivity index (χ2n) is 13.3. The number of amides is 2. The number of benzene rings is 4. The lowest BCUT2D eigenvalue weighted by Gasteiger charge is -2.31. The van der Waals surface area contributed by atoms with Crippen LogP contribution in [0.15, 0.2) is 108 Å². The van der Waals surface area contributed by atoms with Gasteiger partial charge in [-0.3, -0.25) is 9.79 Å². The van der Waals surface area contributed by atoms with Crippen LogP contribution in [0.1, 0.15) is 67.6 Å². The third kappa shape index (κ3) is 8.05. The minimum Gasteiger partial charge on any atom is -0.450 e. The summed E-state index contributed by atoms with van der Waals surface area (Å²) in [4.78, 5) is 33.9. The number of hydrogen-bond acceptors (Lipinski definition) is 5. The smallest absolute Gasteiger partial charge is 0.407 e. The molecule has 1 heterocycles. The summed E-state index contributed by atoms with van der Waals surface area (Å²) in [5.74, 6) is 0.163. The average Bonchev–Trinajstić information content (AvgIpc) is 3.88. The van der Waals surface area contributed by atoms with Crippen LogP contribution in [0.25, 0.3) is 10.8 Å². The van der Waals surface area contributed by atoms with Crippen LogP contribution in [0.2, 0.25) is 0 Å². The Hall–Kier alpha value is -4.89. The molecular formula is C40H48N6O3.